The Morgan fingerprint density at radius 3 is 2.43 bits per heavy atom. The van der Waals surface area contributed by atoms with Gasteiger partial charge in [-0.3, -0.25) is 14.3 Å². The van der Waals surface area contributed by atoms with E-state index in [0.717, 1.165) is 12.8 Å². The molecule has 11 heteroatoms. The molecule has 1 aliphatic rings. The summed E-state index contributed by atoms with van der Waals surface area (Å²) in [7, 11) is 3.01. The summed E-state index contributed by atoms with van der Waals surface area (Å²) < 4.78 is 48.5. The number of halogens is 2. The van der Waals surface area contributed by atoms with Crippen molar-refractivity contribution in [3.05, 3.63) is 99.7 Å². The van der Waals surface area contributed by atoms with Crippen molar-refractivity contribution in [2.75, 3.05) is 14.2 Å². The van der Waals surface area contributed by atoms with E-state index < -0.39 is 23.0 Å². The Kier molecular flexibility index (Phi) is 7.15. The van der Waals surface area contributed by atoms with E-state index in [1.807, 2.05) is 0 Å². The van der Waals surface area contributed by atoms with Crippen LogP contribution in [0.1, 0.15) is 34.5 Å². The Morgan fingerprint density at radius 1 is 0.929 bits per heavy atom. The Bertz CT molecular complexity index is 1880. The van der Waals surface area contributed by atoms with Crippen LogP contribution in [0.25, 0.3) is 16.6 Å². The van der Waals surface area contributed by atoms with Gasteiger partial charge in [-0.2, -0.15) is 0 Å². The predicted molar refractivity (Wildman–Crippen MR) is 150 cm³/mol. The van der Waals surface area contributed by atoms with Gasteiger partial charge in [-0.05, 0) is 67.3 Å². The zero-order valence-electron chi connectivity index (χ0n) is 22.9. The smallest absolute Gasteiger partial charge is 0.282 e. The van der Waals surface area contributed by atoms with Crippen LogP contribution in [0.15, 0.2) is 65.7 Å². The second-order valence-electron chi connectivity index (χ2n) is 9.87. The summed E-state index contributed by atoms with van der Waals surface area (Å²) in [5.41, 5.74) is 1.63. The number of benzene rings is 3. The van der Waals surface area contributed by atoms with Crippen molar-refractivity contribution in [2.24, 2.45) is 0 Å². The topological polar surface area (TPSA) is 97.5 Å². The summed E-state index contributed by atoms with van der Waals surface area (Å²) in [5.74, 6) is -0.603. The van der Waals surface area contributed by atoms with Crippen LogP contribution in [0.3, 0.4) is 0 Å². The highest BCUT2D eigenvalue weighted by Gasteiger charge is 2.28. The van der Waals surface area contributed by atoms with Gasteiger partial charge in [0.25, 0.3) is 5.56 Å². The molecule has 0 fully saturated rings. The molecule has 9 nitrogen and oxygen atoms in total. The van der Waals surface area contributed by atoms with Crippen LogP contribution in [-0.4, -0.2) is 39.3 Å². The molecule has 214 valence electrons. The maximum Gasteiger partial charge on any atom is 0.282 e. The van der Waals surface area contributed by atoms with Crippen LogP contribution >= 0.6 is 0 Å². The van der Waals surface area contributed by atoms with Crippen molar-refractivity contribution in [3.8, 4) is 28.8 Å². The standard InChI is InChI=1S/C31H26F2N4O5/c1-40-27-15-21-23(16-28(27)41-2)34-17-35-30(21)42-26-11-6-18(13-22(26)33)14-25(38)29-24-5-3-4-12-36(24)37(31(29)39)20-9-7-19(32)8-10-20/h6-11,13,15-17H,3-5,12,14H2,1-2H3. The molecule has 0 bridgehead atoms. The first kappa shape index (κ1) is 27.1. The number of hydrogen-bond acceptors (Lipinski definition) is 7. The van der Waals surface area contributed by atoms with Gasteiger partial charge in [-0.1, -0.05) is 6.07 Å². The van der Waals surface area contributed by atoms with Crippen LogP contribution < -0.4 is 19.8 Å². The molecule has 3 aromatic carbocycles. The third kappa shape index (κ3) is 4.87. The van der Waals surface area contributed by atoms with Gasteiger partial charge in [-0.25, -0.2) is 23.4 Å². The summed E-state index contributed by atoms with van der Waals surface area (Å²) in [6.45, 7) is 0.562. The van der Waals surface area contributed by atoms with Crippen molar-refractivity contribution in [2.45, 2.75) is 32.2 Å². The predicted octanol–water partition coefficient (Wildman–Crippen LogP) is 5.43. The van der Waals surface area contributed by atoms with Crippen molar-refractivity contribution >= 4 is 16.7 Å². The maximum atomic E-state index is 15.2. The number of ketones is 1. The SMILES string of the molecule is COc1cc2ncnc(Oc3ccc(CC(=O)c4c5n(n(-c6ccc(F)cc6)c4=O)CCCC5)cc3F)c2cc1OC. The van der Waals surface area contributed by atoms with Gasteiger partial charge in [0, 0.05) is 19.0 Å². The van der Waals surface area contributed by atoms with Crippen molar-refractivity contribution in [3.63, 3.8) is 0 Å². The molecular formula is C31H26F2N4O5. The number of ether oxygens (including phenoxy) is 3. The zero-order chi connectivity index (χ0) is 29.4. The van der Waals surface area contributed by atoms with Gasteiger partial charge in [0.2, 0.25) is 5.88 Å². The van der Waals surface area contributed by atoms with E-state index in [2.05, 4.69) is 9.97 Å². The second kappa shape index (κ2) is 11.1. The third-order valence-electron chi connectivity index (χ3n) is 7.30. The average Bonchev–Trinajstić information content (AvgIpc) is 3.30. The molecule has 0 unspecified atom stereocenters. The number of carbonyl (C=O) groups excluding carboxylic acids is 1. The number of Topliss-reactive ketones (excluding diaryl/α,β-unsaturated/α-hetero) is 1. The minimum Gasteiger partial charge on any atom is -0.493 e. The first-order valence-electron chi connectivity index (χ1n) is 13.3. The maximum absolute atomic E-state index is 15.2. The Morgan fingerprint density at radius 2 is 1.69 bits per heavy atom. The van der Waals surface area contributed by atoms with E-state index in [4.69, 9.17) is 14.2 Å². The fourth-order valence-corrected chi connectivity index (χ4v) is 5.31. The molecule has 0 atom stereocenters. The molecule has 42 heavy (non-hydrogen) atoms. The number of aromatic nitrogens is 4. The lowest BCUT2D eigenvalue weighted by Gasteiger charge is -2.19. The van der Waals surface area contributed by atoms with Gasteiger partial charge in [0.15, 0.2) is 28.8 Å². The lowest BCUT2D eigenvalue weighted by atomic mass is 9.99. The van der Waals surface area contributed by atoms with Gasteiger partial charge in [0.1, 0.15) is 17.7 Å². The van der Waals surface area contributed by atoms with Gasteiger partial charge >= 0.3 is 0 Å². The van der Waals surface area contributed by atoms with Crippen molar-refractivity contribution in [1.82, 2.24) is 19.3 Å². The summed E-state index contributed by atoms with van der Waals surface area (Å²) in [6, 6.07) is 13.1. The van der Waals surface area contributed by atoms with Gasteiger partial charge < -0.3 is 14.2 Å². The molecule has 6 rings (SSSR count). The summed E-state index contributed by atoms with van der Waals surface area (Å²) in [4.78, 5) is 35.3. The molecule has 3 heterocycles. The highest BCUT2D eigenvalue weighted by molar-refractivity contribution is 5.98. The monoisotopic (exact) mass is 572 g/mol. The summed E-state index contributed by atoms with van der Waals surface area (Å²) in [6.07, 6.45) is 3.37. The molecule has 0 spiro atoms. The lowest BCUT2D eigenvalue weighted by molar-refractivity contribution is 0.0990. The van der Waals surface area contributed by atoms with Crippen molar-refractivity contribution in [1.29, 1.82) is 0 Å². The van der Waals surface area contributed by atoms with Crippen LogP contribution in [0, 0.1) is 11.6 Å². The molecule has 0 saturated heterocycles. The number of methoxy groups -OCH3 is 2. The molecule has 2 aromatic heterocycles. The van der Waals surface area contributed by atoms with Crippen molar-refractivity contribution < 1.29 is 27.8 Å². The fourth-order valence-electron chi connectivity index (χ4n) is 5.31. The minimum atomic E-state index is -0.699. The first-order chi connectivity index (χ1) is 20.4. The third-order valence-corrected chi connectivity index (χ3v) is 7.30. The second-order valence-corrected chi connectivity index (χ2v) is 9.87. The molecule has 0 aliphatic carbocycles. The number of carbonyl (C=O) groups is 1. The Balaban J connectivity index is 1.28. The largest absolute Gasteiger partial charge is 0.493 e. The Hall–Kier alpha value is -5.06. The van der Waals surface area contributed by atoms with Gasteiger partial charge in [0.05, 0.1) is 36.5 Å². The first-order valence-corrected chi connectivity index (χ1v) is 13.3. The van der Waals surface area contributed by atoms with E-state index >= 15 is 4.39 Å². The van der Waals surface area contributed by atoms with Gasteiger partial charge in [-0.15, -0.1) is 0 Å². The number of fused-ring (bicyclic) bond motifs is 2. The fraction of sp³-hybridized carbons (Fsp3) is 0.226. The molecular weight excluding hydrogens is 546 g/mol. The lowest BCUT2D eigenvalue weighted by Crippen LogP contribution is -2.24. The van der Waals surface area contributed by atoms with E-state index in [9.17, 15) is 14.0 Å². The molecule has 1 aliphatic heterocycles. The normalized spacial score (nSPS) is 12.7. The van der Waals surface area contributed by atoms with E-state index in [1.54, 1.807) is 22.9 Å². The zero-order valence-corrected chi connectivity index (χ0v) is 22.9. The highest BCUT2D eigenvalue weighted by atomic mass is 19.1. The van der Waals surface area contributed by atoms with Crippen LogP contribution in [0.4, 0.5) is 8.78 Å². The number of rotatable bonds is 8. The highest BCUT2D eigenvalue weighted by Crippen LogP contribution is 2.36. The summed E-state index contributed by atoms with van der Waals surface area (Å²) in [5, 5.41) is 0.490. The van der Waals surface area contributed by atoms with E-state index in [1.165, 1.54) is 61.6 Å². The molecule has 0 saturated carbocycles. The van der Waals surface area contributed by atoms with Crippen LogP contribution in [0.2, 0.25) is 0 Å². The summed E-state index contributed by atoms with van der Waals surface area (Å²) >= 11 is 0. The quantitative estimate of drug-likeness (QED) is 0.229. The molecule has 0 radical (unpaired) electrons. The number of nitrogens with zero attached hydrogens (tertiary/aromatic N) is 4. The minimum absolute atomic E-state index is 0.0802. The van der Waals surface area contributed by atoms with E-state index in [0.29, 0.717) is 52.3 Å². The molecule has 0 amide bonds. The Labute approximate surface area is 238 Å². The molecule has 0 N–H and O–H groups in total. The van der Waals surface area contributed by atoms with E-state index in [-0.39, 0.29) is 23.6 Å². The number of hydrogen-bond donors (Lipinski definition) is 0. The van der Waals surface area contributed by atoms with Crippen LogP contribution in [0.5, 0.6) is 23.1 Å². The molecule has 5 aromatic rings. The average molecular weight is 573 g/mol. The van der Waals surface area contributed by atoms with Crippen LogP contribution in [-0.2, 0) is 19.4 Å².